The lowest BCUT2D eigenvalue weighted by molar-refractivity contribution is -0.134. The quantitative estimate of drug-likeness (QED) is 0.715. The normalized spacial score (nSPS) is 37.0. The maximum Gasteiger partial charge on any atom is 0.226 e. The van der Waals surface area contributed by atoms with Crippen LogP contribution >= 0.6 is 0 Å². The molecule has 2 fully saturated rings. The summed E-state index contributed by atoms with van der Waals surface area (Å²) in [7, 11) is 0. The zero-order valence-electron chi connectivity index (χ0n) is 8.91. The molecule has 0 spiro atoms. The van der Waals surface area contributed by atoms with E-state index in [9.17, 15) is 4.79 Å². The zero-order chi connectivity index (χ0) is 10.1. The van der Waals surface area contributed by atoms with Crippen LogP contribution < -0.4 is 5.73 Å². The van der Waals surface area contributed by atoms with Crippen LogP contribution in [0.3, 0.4) is 0 Å². The van der Waals surface area contributed by atoms with Crippen molar-refractivity contribution in [3.05, 3.63) is 0 Å². The molecule has 3 atom stereocenters. The molecule has 2 rings (SSSR count). The van der Waals surface area contributed by atoms with Crippen molar-refractivity contribution in [2.75, 3.05) is 13.1 Å². The van der Waals surface area contributed by atoms with Gasteiger partial charge in [0.05, 0.1) is 0 Å². The lowest BCUT2D eigenvalue weighted by Gasteiger charge is -2.31. The first kappa shape index (κ1) is 9.97. The molecule has 0 bridgehead atoms. The van der Waals surface area contributed by atoms with Gasteiger partial charge in [-0.3, -0.25) is 4.79 Å². The van der Waals surface area contributed by atoms with Crippen molar-refractivity contribution in [1.29, 1.82) is 0 Å². The molecule has 3 nitrogen and oxygen atoms in total. The number of hydrogen-bond donors (Lipinski definition) is 1. The van der Waals surface area contributed by atoms with Crippen molar-refractivity contribution in [2.24, 2.45) is 17.6 Å². The van der Waals surface area contributed by atoms with E-state index < -0.39 is 0 Å². The predicted molar refractivity (Wildman–Crippen MR) is 55.7 cm³/mol. The molecule has 3 heteroatoms. The van der Waals surface area contributed by atoms with E-state index in [-0.39, 0.29) is 6.04 Å². The molecular formula is C11H20N2O. The van der Waals surface area contributed by atoms with Crippen LogP contribution in [0.15, 0.2) is 0 Å². The van der Waals surface area contributed by atoms with Crippen LogP contribution in [-0.4, -0.2) is 29.9 Å². The number of hydrogen-bond acceptors (Lipinski definition) is 2. The van der Waals surface area contributed by atoms with Crippen LogP contribution in [0, 0.1) is 11.8 Å². The number of nitrogens with two attached hydrogens (primary N) is 1. The fourth-order valence-electron chi connectivity index (χ4n) is 2.45. The number of rotatable bonds is 2. The molecule has 2 N–H and O–H groups in total. The second kappa shape index (κ2) is 3.89. The molecule has 1 aliphatic heterocycles. The smallest absolute Gasteiger partial charge is 0.226 e. The standard InChI is InChI=1S/C11H20N2O/c1-2-8-6-10(8)11(14)13-5-3-4-9(12)7-13/h8-10H,2-7,12H2,1H3. The summed E-state index contributed by atoms with van der Waals surface area (Å²) >= 11 is 0. The van der Waals surface area contributed by atoms with Gasteiger partial charge in [0.15, 0.2) is 0 Å². The number of piperidine rings is 1. The highest BCUT2D eigenvalue weighted by Crippen LogP contribution is 2.42. The Morgan fingerprint density at radius 1 is 1.57 bits per heavy atom. The first-order valence-electron chi connectivity index (χ1n) is 5.76. The van der Waals surface area contributed by atoms with E-state index in [0.717, 1.165) is 38.8 Å². The van der Waals surface area contributed by atoms with Gasteiger partial charge in [-0.25, -0.2) is 0 Å². The van der Waals surface area contributed by atoms with Crippen molar-refractivity contribution in [3.63, 3.8) is 0 Å². The highest BCUT2D eigenvalue weighted by atomic mass is 16.2. The molecule has 1 saturated heterocycles. The van der Waals surface area contributed by atoms with Gasteiger partial charge in [-0.15, -0.1) is 0 Å². The van der Waals surface area contributed by atoms with E-state index in [1.165, 1.54) is 0 Å². The monoisotopic (exact) mass is 196 g/mol. The van der Waals surface area contributed by atoms with Crippen LogP contribution in [0.4, 0.5) is 0 Å². The Hall–Kier alpha value is -0.570. The molecule has 14 heavy (non-hydrogen) atoms. The Labute approximate surface area is 85.6 Å². The fourth-order valence-corrected chi connectivity index (χ4v) is 2.45. The predicted octanol–water partition coefficient (Wildman–Crippen LogP) is 0.982. The molecule has 0 aromatic carbocycles. The molecule has 2 aliphatic rings. The topological polar surface area (TPSA) is 46.3 Å². The minimum absolute atomic E-state index is 0.214. The van der Waals surface area contributed by atoms with Gasteiger partial charge in [0.25, 0.3) is 0 Å². The first-order valence-corrected chi connectivity index (χ1v) is 5.76. The zero-order valence-corrected chi connectivity index (χ0v) is 8.91. The van der Waals surface area contributed by atoms with Gasteiger partial charge in [0, 0.05) is 25.0 Å². The minimum atomic E-state index is 0.214. The minimum Gasteiger partial charge on any atom is -0.341 e. The molecule has 1 amide bonds. The molecule has 0 aromatic rings. The molecule has 0 aromatic heterocycles. The second-order valence-electron chi connectivity index (χ2n) is 4.70. The summed E-state index contributed by atoms with van der Waals surface area (Å²) in [5.74, 6) is 1.37. The van der Waals surface area contributed by atoms with E-state index >= 15 is 0 Å². The molecule has 1 saturated carbocycles. The van der Waals surface area contributed by atoms with E-state index in [1.807, 2.05) is 4.90 Å². The maximum atomic E-state index is 11.9. The summed E-state index contributed by atoms with van der Waals surface area (Å²) in [6.45, 7) is 3.88. The Kier molecular flexibility index (Phi) is 2.77. The number of carbonyl (C=O) groups excluding carboxylic acids is 1. The van der Waals surface area contributed by atoms with E-state index in [2.05, 4.69) is 6.92 Å². The van der Waals surface area contributed by atoms with E-state index in [4.69, 9.17) is 5.73 Å². The molecule has 1 aliphatic carbocycles. The Balaban J connectivity index is 1.85. The Morgan fingerprint density at radius 3 is 2.93 bits per heavy atom. The highest BCUT2D eigenvalue weighted by Gasteiger charge is 2.43. The first-order chi connectivity index (χ1) is 6.72. The van der Waals surface area contributed by atoms with Crippen LogP contribution in [0.1, 0.15) is 32.6 Å². The molecule has 80 valence electrons. The van der Waals surface area contributed by atoms with Gasteiger partial charge < -0.3 is 10.6 Å². The summed E-state index contributed by atoms with van der Waals surface area (Å²) in [5, 5.41) is 0. The summed E-state index contributed by atoms with van der Waals surface area (Å²) in [6, 6.07) is 0.214. The van der Waals surface area contributed by atoms with Crippen molar-refractivity contribution >= 4 is 5.91 Å². The van der Waals surface area contributed by atoms with Gasteiger partial charge in [0.2, 0.25) is 5.91 Å². The molecule has 3 unspecified atom stereocenters. The van der Waals surface area contributed by atoms with Crippen LogP contribution in [0.2, 0.25) is 0 Å². The Morgan fingerprint density at radius 2 is 2.36 bits per heavy atom. The average molecular weight is 196 g/mol. The van der Waals surface area contributed by atoms with Gasteiger partial charge >= 0.3 is 0 Å². The van der Waals surface area contributed by atoms with Gasteiger partial charge in [-0.05, 0) is 25.2 Å². The molecular weight excluding hydrogens is 176 g/mol. The Bertz CT molecular complexity index is 229. The second-order valence-corrected chi connectivity index (χ2v) is 4.70. The summed E-state index contributed by atoms with van der Waals surface area (Å²) in [4.78, 5) is 13.9. The summed E-state index contributed by atoms with van der Waals surface area (Å²) in [6.07, 6.45) is 4.42. The van der Waals surface area contributed by atoms with Crippen LogP contribution in [-0.2, 0) is 4.79 Å². The van der Waals surface area contributed by atoms with Gasteiger partial charge in [-0.2, -0.15) is 0 Å². The molecule has 0 radical (unpaired) electrons. The SMILES string of the molecule is CCC1CC1C(=O)N1CCCC(N)C1. The maximum absolute atomic E-state index is 11.9. The highest BCUT2D eigenvalue weighted by molar-refractivity contribution is 5.81. The number of amides is 1. The third-order valence-electron chi connectivity index (χ3n) is 3.53. The average Bonchev–Trinajstić information content (AvgIpc) is 2.95. The number of nitrogens with zero attached hydrogens (tertiary/aromatic N) is 1. The largest absolute Gasteiger partial charge is 0.341 e. The fraction of sp³-hybridized carbons (Fsp3) is 0.909. The summed E-state index contributed by atoms with van der Waals surface area (Å²) in [5.41, 5.74) is 5.86. The van der Waals surface area contributed by atoms with Crippen molar-refractivity contribution in [1.82, 2.24) is 4.90 Å². The lowest BCUT2D eigenvalue weighted by atomic mass is 10.1. The van der Waals surface area contributed by atoms with E-state index in [0.29, 0.717) is 17.7 Å². The lowest BCUT2D eigenvalue weighted by Crippen LogP contribution is -2.46. The van der Waals surface area contributed by atoms with Crippen molar-refractivity contribution in [3.8, 4) is 0 Å². The third kappa shape index (κ3) is 1.92. The van der Waals surface area contributed by atoms with Crippen LogP contribution in [0.25, 0.3) is 0 Å². The molecule has 1 heterocycles. The summed E-state index contributed by atoms with van der Waals surface area (Å²) < 4.78 is 0. The number of likely N-dealkylation sites (tertiary alicyclic amines) is 1. The van der Waals surface area contributed by atoms with E-state index in [1.54, 1.807) is 0 Å². The van der Waals surface area contributed by atoms with Gasteiger partial charge in [0.1, 0.15) is 0 Å². The van der Waals surface area contributed by atoms with Crippen molar-refractivity contribution < 1.29 is 4.79 Å². The number of carbonyl (C=O) groups is 1. The third-order valence-corrected chi connectivity index (χ3v) is 3.53. The van der Waals surface area contributed by atoms with Crippen molar-refractivity contribution in [2.45, 2.75) is 38.6 Å². The van der Waals surface area contributed by atoms with Gasteiger partial charge in [-0.1, -0.05) is 13.3 Å². The van der Waals surface area contributed by atoms with Crippen LogP contribution in [0.5, 0.6) is 0 Å².